The Hall–Kier alpha value is -3.59. The molecule has 6 heterocycles. The molecule has 3 aliphatic rings. The molecule has 0 aromatic carbocycles. The fourth-order valence-electron chi connectivity index (χ4n) is 6.85. The number of aryl methyl sites for hydroxylation is 1. The summed E-state index contributed by atoms with van der Waals surface area (Å²) in [5.74, 6) is 1.70. The van der Waals surface area contributed by atoms with Crippen LogP contribution in [0.1, 0.15) is 45.1 Å². The molecule has 2 saturated heterocycles. The molecule has 3 N–H and O–H groups in total. The van der Waals surface area contributed by atoms with Gasteiger partial charge in [0.2, 0.25) is 5.95 Å². The quantitative estimate of drug-likeness (QED) is 0.312. The highest BCUT2D eigenvalue weighted by Gasteiger charge is 2.50. The lowest BCUT2D eigenvalue weighted by Gasteiger charge is -2.42. The first-order chi connectivity index (χ1) is 21.7. The van der Waals surface area contributed by atoms with E-state index >= 15 is 0 Å². The number of rotatable bonds is 6. The summed E-state index contributed by atoms with van der Waals surface area (Å²) in [5, 5.41) is 4.21. The van der Waals surface area contributed by atoms with E-state index in [1.807, 2.05) is 13.0 Å². The highest BCUT2D eigenvalue weighted by molar-refractivity contribution is 7.99. The summed E-state index contributed by atoms with van der Waals surface area (Å²) in [6, 6.07) is 1.75. The minimum absolute atomic E-state index is 0.0123. The van der Waals surface area contributed by atoms with E-state index in [0.29, 0.717) is 46.7 Å². The number of pyridine rings is 1. The Labute approximate surface area is 269 Å². The van der Waals surface area contributed by atoms with Gasteiger partial charge in [0.1, 0.15) is 22.1 Å². The predicted molar refractivity (Wildman–Crippen MR) is 171 cm³/mol. The minimum Gasteiger partial charge on any atom is -0.381 e. The van der Waals surface area contributed by atoms with E-state index in [2.05, 4.69) is 30.2 Å². The van der Waals surface area contributed by atoms with Crippen molar-refractivity contribution in [3.8, 4) is 0 Å². The van der Waals surface area contributed by atoms with Gasteiger partial charge in [0.15, 0.2) is 11.5 Å². The summed E-state index contributed by atoms with van der Waals surface area (Å²) in [7, 11) is 1.73. The maximum absolute atomic E-state index is 13.1. The zero-order valence-electron chi connectivity index (χ0n) is 25.1. The Morgan fingerprint density at radius 2 is 1.87 bits per heavy atom. The lowest BCUT2D eigenvalue weighted by Crippen LogP contribution is -2.48. The second-order valence-corrected chi connectivity index (χ2v) is 13.6. The molecule has 2 aliphatic heterocycles. The van der Waals surface area contributed by atoms with Gasteiger partial charge in [0.05, 0.1) is 23.6 Å². The number of piperidine rings is 1. The number of hydrogen-bond donors (Lipinski definition) is 2. The summed E-state index contributed by atoms with van der Waals surface area (Å²) in [6.45, 7) is 4.76. The van der Waals surface area contributed by atoms with Crippen LogP contribution in [0.2, 0.25) is 5.02 Å². The van der Waals surface area contributed by atoms with Gasteiger partial charge in [-0.15, -0.1) is 0 Å². The van der Waals surface area contributed by atoms with Gasteiger partial charge >= 0.3 is 5.69 Å². The number of fused-ring (bicyclic) bond motifs is 1. The molecule has 0 unspecified atom stereocenters. The number of nitrogens with two attached hydrogens (primary N) is 1. The van der Waals surface area contributed by atoms with Gasteiger partial charge in [-0.3, -0.25) is 13.9 Å². The normalized spacial score (nSPS) is 22.0. The van der Waals surface area contributed by atoms with Crippen molar-refractivity contribution < 1.29 is 9.53 Å². The van der Waals surface area contributed by atoms with Crippen molar-refractivity contribution in [3.63, 3.8) is 0 Å². The average molecular weight is 651 g/mol. The standard InChI is InChI=1S/C30H35ClN10O3S/c1-17-20(42)13-30(25(17)32)6-9-40(10-7-30)22-15-35-23(16-34-22)45-21-3-8-33-26(24(21)31)37-28-36-14-19-27(38-28)41(29(43)39(19)2)18-4-11-44-12-5-18/h3,8,14-18,25H,4-7,9-13,32H2,1-2H3,(H,33,36,37,38)/t17-,25+/m1/s1. The van der Waals surface area contributed by atoms with Gasteiger partial charge in [0.25, 0.3) is 0 Å². The van der Waals surface area contributed by atoms with E-state index in [9.17, 15) is 9.59 Å². The van der Waals surface area contributed by atoms with Crippen LogP contribution < -0.4 is 21.6 Å². The average Bonchev–Trinajstić information content (AvgIpc) is 3.43. The van der Waals surface area contributed by atoms with Gasteiger partial charge in [-0.2, -0.15) is 4.98 Å². The first-order valence-electron chi connectivity index (χ1n) is 15.2. The van der Waals surface area contributed by atoms with Crippen molar-refractivity contribution in [1.29, 1.82) is 0 Å². The van der Waals surface area contributed by atoms with Gasteiger partial charge in [0, 0.05) is 68.9 Å². The smallest absolute Gasteiger partial charge is 0.330 e. The van der Waals surface area contributed by atoms with Crippen LogP contribution in [-0.4, -0.2) is 72.2 Å². The molecule has 1 spiro atoms. The van der Waals surface area contributed by atoms with Gasteiger partial charge in [-0.05, 0) is 37.2 Å². The van der Waals surface area contributed by atoms with Crippen molar-refractivity contribution in [2.45, 2.75) is 61.0 Å². The number of ketones is 1. The number of ether oxygens (including phenoxy) is 1. The topological polar surface area (TPSA) is 159 Å². The molecular weight excluding hydrogens is 616 g/mol. The molecule has 0 amide bonds. The van der Waals surface area contributed by atoms with E-state index in [1.165, 1.54) is 11.8 Å². The molecule has 3 fully saturated rings. The number of halogens is 1. The van der Waals surface area contributed by atoms with E-state index in [-0.39, 0.29) is 40.8 Å². The third-order valence-corrected chi connectivity index (χ3v) is 11.1. The second-order valence-electron chi connectivity index (χ2n) is 12.2. The van der Waals surface area contributed by atoms with Crippen LogP contribution in [0, 0.1) is 11.3 Å². The maximum atomic E-state index is 13.1. The summed E-state index contributed by atoms with van der Waals surface area (Å²) < 4.78 is 8.80. The third kappa shape index (κ3) is 5.47. The maximum Gasteiger partial charge on any atom is 0.330 e. The molecule has 4 aromatic rings. The molecule has 1 saturated carbocycles. The van der Waals surface area contributed by atoms with Crippen molar-refractivity contribution in [2.24, 2.45) is 24.1 Å². The molecule has 15 heteroatoms. The highest BCUT2D eigenvalue weighted by atomic mass is 35.5. The van der Waals surface area contributed by atoms with Crippen molar-refractivity contribution in [3.05, 3.63) is 46.4 Å². The lowest BCUT2D eigenvalue weighted by molar-refractivity contribution is -0.120. The van der Waals surface area contributed by atoms with Gasteiger partial charge < -0.3 is 20.7 Å². The molecule has 0 bridgehead atoms. The molecule has 1 aliphatic carbocycles. The Morgan fingerprint density at radius 3 is 2.56 bits per heavy atom. The number of carbonyl (C=O) groups excluding carboxylic acids is 1. The van der Waals surface area contributed by atoms with Crippen LogP contribution in [0.25, 0.3) is 11.2 Å². The first kappa shape index (κ1) is 30.1. The van der Waals surface area contributed by atoms with Crippen molar-refractivity contribution in [2.75, 3.05) is 36.5 Å². The number of nitrogens with zero attached hydrogens (tertiary/aromatic N) is 8. The summed E-state index contributed by atoms with van der Waals surface area (Å²) in [5.41, 5.74) is 7.46. The fraction of sp³-hybridized carbons (Fsp3) is 0.500. The number of Topliss-reactive ketones (excluding diaryl/α,β-unsaturated/α-hetero) is 1. The number of imidazole rings is 1. The highest BCUT2D eigenvalue weighted by Crippen LogP contribution is 2.46. The van der Waals surface area contributed by atoms with Crippen LogP contribution in [0.4, 0.5) is 17.6 Å². The van der Waals surface area contributed by atoms with Gasteiger partial charge in [-0.1, -0.05) is 30.3 Å². The van der Waals surface area contributed by atoms with E-state index < -0.39 is 0 Å². The number of aromatic nitrogens is 7. The van der Waals surface area contributed by atoms with E-state index in [0.717, 1.165) is 49.5 Å². The Kier molecular flexibility index (Phi) is 8.00. The van der Waals surface area contributed by atoms with Crippen molar-refractivity contribution >= 4 is 57.9 Å². The minimum atomic E-state index is -0.127. The van der Waals surface area contributed by atoms with Crippen LogP contribution >= 0.6 is 23.4 Å². The Morgan fingerprint density at radius 1 is 1.09 bits per heavy atom. The van der Waals surface area contributed by atoms with Gasteiger partial charge in [-0.25, -0.2) is 24.7 Å². The number of nitrogens with one attached hydrogen (secondary N) is 1. The molecule has 0 radical (unpaired) electrons. The monoisotopic (exact) mass is 650 g/mol. The summed E-state index contributed by atoms with van der Waals surface area (Å²) in [4.78, 5) is 51.2. The van der Waals surface area contributed by atoms with Crippen LogP contribution in [-0.2, 0) is 16.6 Å². The first-order valence-corrected chi connectivity index (χ1v) is 16.4. The number of anilines is 3. The predicted octanol–water partition coefficient (Wildman–Crippen LogP) is 3.74. The zero-order valence-corrected chi connectivity index (χ0v) is 26.7. The van der Waals surface area contributed by atoms with Crippen LogP contribution in [0.3, 0.4) is 0 Å². The van der Waals surface area contributed by atoms with Crippen molar-refractivity contribution in [1.82, 2.24) is 34.1 Å². The lowest BCUT2D eigenvalue weighted by atomic mass is 9.73. The zero-order chi connectivity index (χ0) is 31.3. The molecule has 4 aromatic heterocycles. The second kappa shape index (κ2) is 12.0. The number of hydrogen-bond acceptors (Lipinski definition) is 12. The molecule has 45 heavy (non-hydrogen) atoms. The molecular formula is C30H35ClN10O3S. The van der Waals surface area contributed by atoms with Crippen LogP contribution in [0.15, 0.2) is 45.6 Å². The SMILES string of the molecule is C[C@@H]1C(=O)CC2(CCN(c3cnc(Sc4ccnc(Nc5ncc6c(n5)n(C5CCOCC5)c(=O)n6C)c4Cl)cn3)CC2)[C@H]1N. The van der Waals surface area contributed by atoms with E-state index in [1.54, 1.807) is 41.0 Å². The largest absolute Gasteiger partial charge is 0.381 e. The van der Waals surface area contributed by atoms with E-state index in [4.69, 9.17) is 27.1 Å². The third-order valence-electron chi connectivity index (χ3n) is 9.66. The summed E-state index contributed by atoms with van der Waals surface area (Å²) >= 11 is 8.17. The van der Waals surface area contributed by atoms with Crippen LogP contribution in [0.5, 0.6) is 0 Å². The molecule has 236 valence electrons. The molecule has 13 nitrogen and oxygen atoms in total. The Bertz CT molecular complexity index is 1800. The number of carbonyl (C=O) groups is 1. The fourth-order valence-corrected chi connectivity index (χ4v) is 7.88. The molecule has 2 atom stereocenters. The molecule has 7 rings (SSSR count). The Balaban J connectivity index is 1.05. The summed E-state index contributed by atoms with van der Waals surface area (Å²) in [6.07, 6.45) is 10.6.